The molecule has 1 aliphatic rings. The molecule has 1 aromatic heterocycles. The Bertz CT molecular complexity index is 784. The van der Waals surface area contributed by atoms with Crippen LogP contribution < -0.4 is 19.4 Å². The zero-order valence-electron chi connectivity index (χ0n) is 16.3. The maximum atomic E-state index is 5.61. The highest BCUT2D eigenvalue weighted by molar-refractivity contribution is 6.04. The number of ether oxygens (including phenoxy) is 2. The van der Waals surface area contributed by atoms with Crippen LogP contribution in [0, 0.1) is 0 Å². The number of aromatic nitrogens is 1. The van der Waals surface area contributed by atoms with Gasteiger partial charge in [-0.05, 0) is 12.5 Å². The molecule has 26 heavy (non-hydrogen) atoms. The quantitative estimate of drug-likeness (QED) is 0.464. The molecule has 1 aliphatic heterocycles. The molecule has 0 saturated carbocycles. The smallest absolute Gasteiger partial charge is 0.216 e. The Labute approximate surface area is 156 Å². The molecule has 2 heterocycles. The Balaban J connectivity index is 1.79. The molecule has 0 saturated heterocycles. The van der Waals surface area contributed by atoms with Crippen LogP contribution >= 0.6 is 0 Å². The maximum absolute atomic E-state index is 5.61. The van der Waals surface area contributed by atoms with E-state index in [1.54, 1.807) is 14.2 Å². The third kappa shape index (κ3) is 3.79. The summed E-state index contributed by atoms with van der Waals surface area (Å²) >= 11 is 0. The lowest BCUT2D eigenvalue weighted by Gasteiger charge is -2.18. The van der Waals surface area contributed by atoms with Crippen molar-refractivity contribution in [2.75, 3.05) is 19.5 Å². The molecule has 4 nitrogen and oxygen atoms in total. The molecule has 4 heteroatoms. The highest BCUT2D eigenvalue weighted by Crippen LogP contribution is 2.43. The summed E-state index contributed by atoms with van der Waals surface area (Å²) in [5, 5.41) is 5.72. The van der Waals surface area contributed by atoms with Crippen molar-refractivity contribution >= 4 is 22.5 Å². The van der Waals surface area contributed by atoms with E-state index in [0.29, 0.717) is 0 Å². The van der Waals surface area contributed by atoms with Gasteiger partial charge in [-0.3, -0.25) is 0 Å². The van der Waals surface area contributed by atoms with Crippen LogP contribution in [0.15, 0.2) is 24.5 Å². The van der Waals surface area contributed by atoms with Crippen molar-refractivity contribution in [1.29, 1.82) is 0 Å². The summed E-state index contributed by atoms with van der Waals surface area (Å²) < 4.78 is 13.5. The van der Waals surface area contributed by atoms with E-state index in [2.05, 4.69) is 41.2 Å². The van der Waals surface area contributed by atoms with Crippen molar-refractivity contribution < 1.29 is 14.0 Å². The van der Waals surface area contributed by atoms with Crippen molar-refractivity contribution in [3.05, 3.63) is 30.2 Å². The van der Waals surface area contributed by atoms with Gasteiger partial charge in [-0.2, -0.15) is 4.57 Å². The van der Waals surface area contributed by atoms with Crippen LogP contribution in [0.1, 0.15) is 57.6 Å². The van der Waals surface area contributed by atoms with Gasteiger partial charge >= 0.3 is 0 Å². The summed E-state index contributed by atoms with van der Waals surface area (Å²) in [6.07, 6.45) is 15.6. The van der Waals surface area contributed by atoms with E-state index in [-0.39, 0.29) is 0 Å². The molecule has 0 aliphatic carbocycles. The second kappa shape index (κ2) is 8.93. The number of hydrogen-bond donors (Lipinski definition) is 1. The Kier molecular flexibility index (Phi) is 6.37. The lowest BCUT2D eigenvalue weighted by Crippen LogP contribution is -2.37. The zero-order chi connectivity index (χ0) is 18.4. The monoisotopic (exact) mass is 355 g/mol. The SMILES string of the molecule is CCCCCCCCC[n+]1ccc2cc(OC)c(OC)c3c2c1C=CN3. The predicted molar refractivity (Wildman–Crippen MR) is 108 cm³/mol. The molecule has 0 radical (unpaired) electrons. The van der Waals surface area contributed by atoms with E-state index in [1.807, 2.05) is 6.20 Å². The number of hydrogen-bond acceptors (Lipinski definition) is 3. The van der Waals surface area contributed by atoms with E-state index in [1.165, 1.54) is 61.4 Å². The molecular weight excluding hydrogens is 324 g/mol. The predicted octanol–water partition coefficient (Wildman–Crippen LogP) is 5.29. The van der Waals surface area contributed by atoms with E-state index in [4.69, 9.17) is 9.47 Å². The first-order chi connectivity index (χ1) is 12.8. The number of nitrogens with zero attached hydrogens (tertiary/aromatic N) is 1. The first kappa shape index (κ1) is 18.6. The lowest BCUT2D eigenvalue weighted by atomic mass is 10.0. The standard InChI is InChI=1S/C22H30N2O2/c1-4-5-6-7-8-9-10-14-24-15-12-17-16-19(25-2)22(26-3)21-20(17)18(24)11-13-23-21/h11-13,15-16H,4-10,14H2,1-3H3/p+1. The van der Waals surface area contributed by atoms with Gasteiger partial charge in [0.05, 0.1) is 25.3 Å². The molecule has 2 aromatic rings. The van der Waals surface area contributed by atoms with Crippen molar-refractivity contribution in [1.82, 2.24) is 0 Å². The van der Waals surface area contributed by atoms with Crippen molar-refractivity contribution in [2.45, 2.75) is 58.4 Å². The van der Waals surface area contributed by atoms with Gasteiger partial charge in [-0.1, -0.05) is 39.0 Å². The number of aryl methyl sites for hydroxylation is 1. The molecule has 0 spiro atoms. The first-order valence-electron chi connectivity index (χ1n) is 9.84. The molecule has 1 aromatic carbocycles. The summed E-state index contributed by atoms with van der Waals surface area (Å²) in [6.45, 7) is 3.32. The van der Waals surface area contributed by atoms with Crippen molar-refractivity contribution in [3.8, 4) is 11.5 Å². The fraction of sp³-hybridized carbons (Fsp3) is 0.500. The molecule has 0 unspecified atom stereocenters. The van der Waals surface area contributed by atoms with Gasteiger partial charge in [-0.15, -0.1) is 0 Å². The average Bonchev–Trinajstić information content (AvgIpc) is 2.68. The minimum absolute atomic E-state index is 0.758. The summed E-state index contributed by atoms with van der Waals surface area (Å²) in [6, 6.07) is 4.23. The molecule has 0 bridgehead atoms. The van der Waals surface area contributed by atoms with E-state index in [0.717, 1.165) is 23.7 Å². The average molecular weight is 356 g/mol. The van der Waals surface area contributed by atoms with Gasteiger partial charge in [0.1, 0.15) is 6.54 Å². The van der Waals surface area contributed by atoms with Gasteiger partial charge in [0.15, 0.2) is 17.7 Å². The summed E-state index contributed by atoms with van der Waals surface area (Å²) in [4.78, 5) is 0. The van der Waals surface area contributed by atoms with Crippen molar-refractivity contribution in [3.63, 3.8) is 0 Å². The zero-order valence-corrected chi connectivity index (χ0v) is 16.3. The van der Waals surface area contributed by atoms with Crippen LogP contribution in [0.5, 0.6) is 11.5 Å². The number of pyridine rings is 1. The number of anilines is 1. The highest BCUT2D eigenvalue weighted by atomic mass is 16.5. The second-order valence-electron chi connectivity index (χ2n) is 6.94. The topological polar surface area (TPSA) is 34.4 Å². The van der Waals surface area contributed by atoms with Crippen LogP contribution in [-0.2, 0) is 6.54 Å². The lowest BCUT2D eigenvalue weighted by molar-refractivity contribution is -0.697. The van der Waals surface area contributed by atoms with Gasteiger partial charge < -0.3 is 14.8 Å². The van der Waals surface area contributed by atoms with Gasteiger partial charge in [0.2, 0.25) is 5.69 Å². The Morgan fingerprint density at radius 1 is 1.00 bits per heavy atom. The normalized spacial score (nSPS) is 12.3. The largest absolute Gasteiger partial charge is 0.493 e. The molecule has 140 valence electrons. The number of methoxy groups -OCH3 is 2. The molecule has 0 atom stereocenters. The summed E-state index contributed by atoms with van der Waals surface area (Å²) in [7, 11) is 3.37. The van der Waals surface area contributed by atoms with Crippen LogP contribution in [0.2, 0.25) is 0 Å². The number of nitrogens with one attached hydrogen (secondary N) is 1. The summed E-state index contributed by atoms with van der Waals surface area (Å²) in [5.74, 6) is 1.52. The van der Waals surface area contributed by atoms with Gasteiger partial charge in [-0.25, -0.2) is 0 Å². The minimum atomic E-state index is 0.758. The number of rotatable bonds is 10. The van der Waals surface area contributed by atoms with E-state index in [9.17, 15) is 0 Å². The van der Waals surface area contributed by atoms with Gasteiger partial charge in [0.25, 0.3) is 0 Å². The molecule has 1 N–H and O–H groups in total. The molecule has 0 fully saturated rings. The Morgan fingerprint density at radius 3 is 2.50 bits per heavy atom. The van der Waals surface area contributed by atoms with E-state index < -0.39 is 0 Å². The molecular formula is C22H31N2O2+. The number of unbranched alkanes of at least 4 members (excludes halogenated alkanes) is 6. The fourth-order valence-corrected chi connectivity index (χ4v) is 3.77. The van der Waals surface area contributed by atoms with Crippen LogP contribution in [0.4, 0.5) is 5.69 Å². The minimum Gasteiger partial charge on any atom is -0.493 e. The fourth-order valence-electron chi connectivity index (χ4n) is 3.77. The second-order valence-corrected chi connectivity index (χ2v) is 6.94. The maximum Gasteiger partial charge on any atom is 0.216 e. The van der Waals surface area contributed by atoms with Crippen LogP contribution in [0.3, 0.4) is 0 Å². The van der Waals surface area contributed by atoms with E-state index >= 15 is 0 Å². The third-order valence-electron chi connectivity index (χ3n) is 5.17. The third-order valence-corrected chi connectivity index (χ3v) is 5.17. The van der Waals surface area contributed by atoms with Crippen molar-refractivity contribution in [2.24, 2.45) is 0 Å². The molecule has 0 amide bonds. The highest BCUT2D eigenvalue weighted by Gasteiger charge is 2.24. The summed E-state index contributed by atoms with van der Waals surface area (Å²) in [5.41, 5.74) is 2.23. The first-order valence-corrected chi connectivity index (χ1v) is 9.84. The molecule has 3 rings (SSSR count). The number of benzene rings is 1. The van der Waals surface area contributed by atoms with Crippen LogP contribution in [-0.4, -0.2) is 14.2 Å². The Hall–Kier alpha value is -2.23. The Morgan fingerprint density at radius 2 is 1.77 bits per heavy atom. The van der Waals surface area contributed by atoms with Crippen LogP contribution in [0.25, 0.3) is 16.8 Å². The van der Waals surface area contributed by atoms with Gasteiger partial charge in [0, 0.05) is 30.1 Å².